The lowest BCUT2D eigenvalue weighted by molar-refractivity contribution is -0.141. The Hall–Kier alpha value is -2.29. The Labute approximate surface area is 105 Å². The SMILES string of the molecule is CC(C(=O)O)(c1ccccc1)c1ccccc1O. The number of aromatic hydroxyl groups is 1. The van der Waals surface area contributed by atoms with Gasteiger partial charge < -0.3 is 10.2 Å². The molecule has 18 heavy (non-hydrogen) atoms. The van der Waals surface area contributed by atoms with Gasteiger partial charge in [0.2, 0.25) is 0 Å². The second-order valence-corrected chi connectivity index (χ2v) is 4.31. The van der Waals surface area contributed by atoms with E-state index < -0.39 is 11.4 Å². The van der Waals surface area contributed by atoms with Crippen molar-refractivity contribution in [3.63, 3.8) is 0 Å². The molecule has 0 saturated heterocycles. The molecule has 1 atom stereocenters. The van der Waals surface area contributed by atoms with E-state index in [1.807, 2.05) is 6.07 Å². The normalized spacial score (nSPS) is 13.8. The van der Waals surface area contributed by atoms with E-state index in [1.54, 1.807) is 49.4 Å². The van der Waals surface area contributed by atoms with Crippen molar-refractivity contribution in [2.24, 2.45) is 0 Å². The highest BCUT2D eigenvalue weighted by atomic mass is 16.4. The first-order valence-electron chi connectivity index (χ1n) is 5.64. The lowest BCUT2D eigenvalue weighted by Gasteiger charge is -2.26. The molecule has 0 bridgehead atoms. The summed E-state index contributed by atoms with van der Waals surface area (Å²) in [5.74, 6) is -0.999. The zero-order valence-electron chi connectivity index (χ0n) is 10.00. The van der Waals surface area contributed by atoms with E-state index in [0.29, 0.717) is 11.1 Å². The number of para-hydroxylation sites is 1. The van der Waals surface area contributed by atoms with Crippen LogP contribution in [0.15, 0.2) is 54.6 Å². The number of hydrogen-bond acceptors (Lipinski definition) is 2. The molecule has 2 aromatic carbocycles. The van der Waals surface area contributed by atoms with Gasteiger partial charge in [-0.2, -0.15) is 0 Å². The van der Waals surface area contributed by atoms with Gasteiger partial charge in [-0.05, 0) is 18.6 Å². The van der Waals surface area contributed by atoms with Crippen molar-refractivity contribution in [3.8, 4) is 5.75 Å². The minimum atomic E-state index is -1.26. The van der Waals surface area contributed by atoms with Crippen LogP contribution in [0.2, 0.25) is 0 Å². The Balaban J connectivity index is 2.67. The van der Waals surface area contributed by atoms with Crippen LogP contribution in [0.25, 0.3) is 0 Å². The molecule has 0 fully saturated rings. The lowest BCUT2D eigenvalue weighted by Crippen LogP contribution is -2.33. The molecule has 1 unspecified atom stereocenters. The first-order chi connectivity index (χ1) is 8.56. The van der Waals surface area contributed by atoms with Crippen LogP contribution in [0.4, 0.5) is 0 Å². The van der Waals surface area contributed by atoms with Crippen LogP contribution < -0.4 is 0 Å². The number of benzene rings is 2. The largest absolute Gasteiger partial charge is 0.508 e. The van der Waals surface area contributed by atoms with Gasteiger partial charge in [0.15, 0.2) is 0 Å². The average molecular weight is 242 g/mol. The highest BCUT2D eigenvalue weighted by Crippen LogP contribution is 2.37. The third-order valence-electron chi connectivity index (χ3n) is 3.22. The van der Waals surface area contributed by atoms with Crippen molar-refractivity contribution < 1.29 is 15.0 Å². The zero-order valence-corrected chi connectivity index (χ0v) is 10.00. The lowest BCUT2D eigenvalue weighted by atomic mass is 9.76. The van der Waals surface area contributed by atoms with E-state index in [2.05, 4.69) is 0 Å². The molecule has 0 aliphatic heterocycles. The molecular weight excluding hydrogens is 228 g/mol. The van der Waals surface area contributed by atoms with Gasteiger partial charge in [-0.3, -0.25) is 4.79 Å². The molecule has 0 heterocycles. The summed E-state index contributed by atoms with van der Waals surface area (Å²) in [5, 5.41) is 19.4. The molecule has 2 aromatic rings. The van der Waals surface area contributed by atoms with Crippen LogP contribution in [-0.4, -0.2) is 16.2 Å². The predicted molar refractivity (Wildman–Crippen MR) is 68.6 cm³/mol. The smallest absolute Gasteiger partial charge is 0.318 e. The number of rotatable bonds is 3. The average Bonchev–Trinajstić information content (AvgIpc) is 2.39. The summed E-state index contributed by atoms with van der Waals surface area (Å²) < 4.78 is 0. The third kappa shape index (κ3) is 1.84. The van der Waals surface area contributed by atoms with Gasteiger partial charge in [-0.15, -0.1) is 0 Å². The first kappa shape index (κ1) is 12.2. The second kappa shape index (κ2) is 4.53. The Bertz CT molecular complexity index is 563. The van der Waals surface area contributed by atoms with Gasteiger partial charge in [-0.1, -0.05) is 48.5 Å². The van der Waals surface area contributed by atoms with E-state index in [-0.39, 0.29) is 5.75 Å². The molecule has 2 rings (SSSR count). The summed E-state index contributed by atoms with van der Waals surface area (Å²) in [6.07, 6.45) is 0. The zero-order chi connectivity index (χ0) is 13.2. The number of carboxylic acid groups (broad SMARTS) is 1. The molecule has 2 N–H and O–H groups in total. The van der Waals surface area contributed by atoms with Crippen molar-refractivity contribution in [3.05, 3.63) is 65.7 Å². The second-order valence-electron chi connectivity index (χ2n) is 4.31. The number of carboxylic acids is 1. The van der Waals surface area contributed by atoms with Crippen molar-refractivity contribution >= 4 is 5.97 Å². The molecule has 0 spiro atoms. The predicted octanol–water partition coefficient (Wildman–Crippen LogP) is 2.78. The Morgan fingerprint density at radius 3 is 2.11 bits per heavy atom. The summed E-state index contributed by atoms with van der Waals surface area (Å²) in [6, 6.07) is 15.4. The molecule has 0 aromatic heterocycles. The number of phenolic OH excluding ortho intramolecular Hbond substituents is 1. The van der Waals surface area contributed by atoms with Crippen LogP contribution in [0, 0.1) is 0 Å². The maximum Gasteiger partial charge on any atom is 0.318 e. The van der Waals surface area contributed by atoms with Gasteiger partial charge in [0.1, 0.15) is 11.2 Å². The summed E-state index contributed by atoms with van der Waals surface area (Å²) in [7, 11) is 0. The van der Waals surface area contributed by atoms with Gasteiger partial charge in [0.25, 0.3) is 0 Å². The Morgan fingerprint density at radius 2 is 1.56 bits per heavy atom. The Kier molecular flexibility index (Phi) is 3.06. The summed E-state index contributed by atoms with van der Waals surface area (Å²) in [4.78, 5) is 11.7. The van der Waals surface area contributed by atoms with Crippen LogP contribution in [0.3, 0.4) is 0 Å². The molecule has 0 saturated carbocycles. The minimum absolute atomic E-state index is 0.00810. The highest BCUT2D eigenvalue weighted by Gasteiger charge is 2.38. The summed E-state index contributed by atoms with van der Waals surface area (Å²) >= 11 is 0. The fourth-order valence-electron chi connectivity index (χ4n) is 2.06. The first-order valence-corrected chi connectivity index (χ1v) is 5.64. The van der Waals surface area contributed by atoms with Crippen LogP contribution >= 0.6 is 0 Å². The number of phenols is 1. The van der Waals surface area contributed by atoms with E-state index in [4.69, 9.17) is 0 Å². The van der Waals surface area contributed by atoms with Crippen molar-refractivity contribution in [2.75, 3.05) is 0 Å². The fourth-order valence-corrected chi connectivity index (χ4v) is 2.06. The minimum Gasteiger partial charge on any atom is -0.508 e. The molecule has 3 nitrogen and oxygen atoms in total. The number of aliphatic carboxylic acids is 1. The van der Waals surface area contributed by atoms with E-state index in [0.717, 1.165) is 0 Å². The number of hydrogen-bond donors (Lipinski definition) is 2. The topological polar surface area (TPSA) is 57.5 Å². The van der Waals surface area contributed by atoms with Crippen molar-refractivity contribution in [1.82, 2.24) is 0 Å². The molecule has 0 radical (unpaired) electrons. The maximum atomic E-state index is 11.7. The highest BCUT2D eigenvalue weighted by molar-refractivity contribution is 5.86. The quantitative estimate of drug-likeness (QED) is 0.870. The molecule has 0 aliphatic carbocycles. The van der Waals surface area contributed by atoms with Crippen molar-refractivity contribution in [1.29, 1.82) is 0 Å². The van der Waals surface area contributed by atoms with Crippen LogP contribution in [-0.2, 0) is 10.2 Å². The molecule has 0 aliphatic rings. The maximum absolute atomic E-state index is 11.7. The van der Waals surface area contributed by atoms with Gasteiger partial charge in [0.05, 0.1) is 0 Å². The Morgan fingerprint density at radius 1 is 1.00 bits per heavy atom. The van der Waals surface area contributed by atoms with E-state index in [1.165, 1.54) is 6.07 Å². The van der Waals surface area contributed by atoms with E-state index >= 15 is 0 Å². The number of carbonyl (C=O) groups is 1. The molecule has 92 valence electrons. The molecule has 3 heteroatoms. The van der Waals surface area contributed by atoms with E-state index in [9.17, 15) is 15.0 Å². The molecule has 0 amide bonds. The van der Waals surface area contributed by atoms with Crippen molar-refractivity contribution in [2.45, 2.75) is 12.3 Å². The van der Waals surface area contributed by atoms with Crippen LogP contribution in [0.1, 0.15) is 18.1 Å². The fraction of sp³-hybridized carbons (Fsp3) is 0.133. The van der Waals surface area contributed by atoms with Gasteiger partial charge >= 0.3 is 5.97 Å². The summed E-state index contributed by atoms with van der Waals surface area (Å²) in [6.45, 7) is 1.60. The standard InChI is InChI=1S/C15H14O3/c1-15(14(17)18,11-7-3-2-4-8-11)12-9-5-6-10-13(12)16/h2-10,16H,1H3,(H,17,18). The monoisotopic (exact) mass is 242 g/mol. The summed E-state index contributed by atoms with van der Waals surface area (Å²) in [5.41, 5.74) is -0.227. The van der Waals surface area contributed by atoms with Gasteiger partial charge in [0, 0.05) is 5.56 Å². The molecular formula is C15H14O3. The van der Waals surface area contributed by atoms with Gasteiger partial charge in [-0.25, -0.2) is 0 Å². The van der Waals surface area contributed by atoms with Crippen LogP contribution in [0.5, 0.6) is 5.75 Å². The third-order valence-corrected chi connectivity index (χ3v) is 3.22.